The second kappa shape index (κ2) is 17.2. The summed E-state index contributed by atoms with van der Waals surface area (Å²) in [6.07, 6.45) is 3.44. The van der Waals surface area contributed by atoms with Gasteiger partial charge in [0.05, 0.1) is 30.7 Å². The summed E-state index contributed by atoms with van der Waals surface area (Å²) in [6, 6.07) is 3.49. The van der Waals surface area contributed by atoms with Crippen LogP contribution in [0.25, 0.3) is 0 Å². The van der Waals surface area contributed by atoms with Crippen molar-refractivity contribution in [1.82, 2.24) is 20.0 Å². The minimum absolute atomic E-state index is 0.423. The minimum atomic E-state index is 0.423. The van der Waals surface area contributed by atoms with Crippen molar-refractivity contribution in [2.75, 3.05) is 13.1 Å². The van der Waals surface area contributed by atoms with E-state index in [9.17, 15) is 0 Å². The lowest BCUT2D eigenvalue weighted by Crippen LogP contribution is -2.55. The Morgan fingerprint density at radius 3 is 1.24 bits per heavy atom. The fraction of sp³-hybridized carbons (Fsp3) is 0.935. The van der Waals surface area contributed by atoms with E-state index in [1.165, 1.54) is 12.4 Å². The number of hydrogen-bond donors (Lipinski definition) is 1. The molecule has 0 fully saturated rings. The highest BCUT2D eigenvalue weighted by Gasteiger charge is 2.30. The van der Waals surface area contributed by atoms with E-state index in [0.29, 0.717) is 48.3 Å². The third-order valence-electron chi connectivity index (χ3n) is 6.77. The Morgan fingerprint density at radius 1 is 0.541 bits per heavy atom. The smallest absolute Gasteiger partial charge is 0.338 e. The molecule has 0 saturated heterocycles. The second-order valence-electron chi connectivity index (χ2n) is 12.9. The maximum Gasteiger partial charge on any atom is 0.348 e. The van der Waals surface area contributed by atoms with Crippen LogP contribution in [0.5, 0.6) is 0 Å². The van der Waals surface area contributed by atoms with Gasteiger partial charge in [-0.2, -0.15) is 0 Å². The van der Waals surface area contributed by atoms with Crippen molar-refractivity contribution in [1.29, 1.82) is 0 Å². The Hall–Kier alpha value is -1.46. The average molecular weight is 524 g/mol. The van der Waals surface area contributed by atoms with E-state index in [1.807, 2.05) is 0 Å². The van der Waals surface area contributed by atoms with Crippen molar-refractivity contribution in [3.8, 4) is 0 Å². The van der Waals surface area contributed by atoms with E-state index in [4.69, 9.17) is 4.99 Å². The van der Waals surface area contributed by atoms with Gasteiger partial charge < -0.3 is 9.80 Å². The number of nitrogens with zero attached hydrogens (tertiary/aromatic N) is 5. The zero-order chi connectivity index (χ0) is 29.0. The molecule has 0 aliphatic rings. The number of hydrogen-bond acceptors (Lipinski definition) is 1. The van der Waals surface area contributed by atoms with Crippen molar-refractivity contribution >= 4 is 11.9 Å². The standard InChI is InChI=1S/C31H66N6/c1-22(2)34(23(3)4)30(35(24(5)6)25(7)8)32-20-18-17-19-21-33-31(36(26(9)10)27(11)12)37(28(13)14)29(15)16/h22-29H,17-21H2,1-16H3/p+1. The van der Waals surface area contributed by atoms with Crippen molar-refractivity contribution in [3.63, 3.8) is 0 Å². The fourth-order valence-corrected chi connectivity index (χ4v) is 5.69. The van der Waals surface area contributed by atoms with Crippen LogP contribution in [0.1, 0.15) is 130 Å². The topological polar surface area (TPSA) is 37.1 Å². The second-order valence-corrected chi connectivity index (χ2v) is 12.9. The third-order valence-corrected chi connectivity index (χ3v) is 6.77. The van der Waals surface area contributed by atoms with Gasteiger partial charge in [-0.25, -0.2) is 0 Å². The van der Waals surface area contributed by atoms with Crippen molar-refractivity contribution in [2.24, 2.45) is 4.99 Å². The van der Waals surface area contributed by atoms with Gasteiger partial charge in [-0.3, -0.25) is 19.8 Å². The summed E-state index contributed by atoms with van der Waals surface area (Å²) in [7, 11) is 0. The summed E-state index contributed by atoms with van der Waals surface area (Å²) in [5, 5.41) is 3.86. The van der Waals surface area contributed by atoms with E-state index < -0.39 is 0 Å². The highest BCUT2D eigenvalue weighted by Crippen LogP contribution is 2.16. The first-order chi connectivity index (χ1) is 17.1. The Labute approximate surface area is 233 Å². The Bertz CT molecular complexity index is 617. The largest absolute Gasteiger partial charge is 0.348 e. The first kappa shape index (κ1) is 35.5. The average Bonchev–Trinajstić information content (AvgIpc) is 2.70. The number of rotatable bonds is 14. The van der Waals surface area contributed by atoms with Crippen molar-refractivity contribution < 1.29 is 4.58 Å². The highest BCUT2D eigenvalue weighted by molar-refractivity contribution is 5.81. The van der Waals surface area contributed by atoms with Gasteiger partial charge in [0.1, 0.15) is 0 Å². The molecule has 0 aromatic rings. The van der Waals surface area contributed by atoms with Crippen LogP contribution < -0.4 is 5.32 Å². The molecule has 0 heterocycles. The monoisotopic (exact) mass is 524 g/mol. The molecule has 0 aromatic carbocycles. The lowest BCUT2D eigenvalue weighted by molar-refractivity contribution is -0.594. The predicted molar refractivity (Wildman–Crippen MR) is 166 cm³/mol. The quantitative estimate of drug-likeness (QED) is 0.120. The van der Waals surface area contributed by atoms with E-state index in [0.717, 1.165) is 31.9 Å². The molecule has 1 N–H and O–H groups in total. The van der Waals surface area contributed by atoms with Crippen LogP contribution in [0.15, 0.2) is 4.99 Å². The third kappa shape index (κ3) is 11.4. The minimum Gasteiger partial charge on any atom is -0.338 e. The van der Waals surface area contributed by atoms with Crippen molar-refractivity contribution in [2.45, 2.75) is 178 Å². The Morgan fingerprint density at radius 2 is 0.919 bits per heavy atom. The maximum absolute atomic E-state index is 5.22. The summed E-state index contributed by atoms with van der Waals surface area (Å²) in [6.45, 7) is 38.5. The van der Waals surface area contributed by atoms with Gasteiger partial charge in [0, 0.05) is 30.7 Å². The lowest BCUT2D eigenvalue weighted by atomic mass is 10.2. The SMILES string of the molecule is CC(C)N(C(=NCCCCCNC(N(C(C)C)C(C)C)=[N+](C(C)C)C(C)C)N(C(C)C)C(C)C)C(C)C. The van der Waals surface area contributed by atoms with Gasteiger partial charge in [-0.15, -0.1) is 0 Å². The molecule has 0 unspecified atom stereocenters. The predicted octanol–water partition coefficient (Wildman–Crippen LogP) is 6.64. The van der Waals surface area contributed by atoms with Crippen LogP contribution in [0, 0.1) is 0 Å². The van der Waals surface area contributed by atoms with E-state index in [-0.39, 0.29) is 0 Å². The van der Waals surface area contributed by atoms with E-state index in [2.05, 4.69) is 135 Å². The fourth-order valence-electron chi connectivity index (χ4n) is 5.69. The zero-order valence-corrected chi connectivity index (χ0v) is 27.9. The summed E-state index contributed by atoms with van der Waals surface area (Å²) >= 11 is 0. The number of unbranched alkanes of at least 4 members (excludes halogenated alkanes) is 2. The molecule has 0 rings (SSSR count). The van der Waals surface area contributed by atoms with Gasteiger partial charge in [0.15, 0.2) is 5.96 Å². The molecule has 0 spiro atoms. The molecule has 220 valence electrons. The molecule has 0 aliphatic carbocycles. The first-order valence-corrected chi connectivity index (χ1v) is 15.3. The van der Waals surface area contributed by atoms with Gasteiger partial charge in [0.25, 0.3) is 0 Å². The molecular formula is C31H67N6+. The number of nitrogens with one attached hydrogen (secondary N) is 1. The lowest BCUT2D eigenvalue weighted by Gasteiger charge is -2.43. The molecule has 0 bridgehead atoms. The van der Waals surface area contributed by atoms with Crippen LogP contribution >= 0.6 is 0 Å². The Kier molecular flexibility index (Phi) is 16.5. The van der Waals surface area contributed by atoms with Gasteiger partial charge in [-0.05, 0) is 130 Å². The van der Waals surface area contributed by atoms with Crippen LogP contribution in [-0.2, 0) is 0 Å². The van der Waals surface area contributed by atoms with Gasteiger partial charge in [0.2, 0.25) is 0 Å². The molecule has 0 aromatic heterocycles. The summed E-state index contributed by atoms with van der Waals surface area (Å²) < 4.78 is 2.54. The molecule has 6 nitrogen and oxygen atoms in total. The maximum atomic E-state index is 5.22. The summed E-state index contributed by atoms with van der Waals surface area (Å²) in [4.78, 5) is 12.7. The van der Waals surface area contributed by atoms with Crippen LogP contribution in [0.3, 0.4) is 0 Å². The molecule has 0 aliphatic heterocycles. The Balaban J connectivity index is 5.49. The van der Waals surface area contributed by atoms with Gasteiger partial charge >= 0.3 is 5.96 Å². The molecular weight excluding hydrogens is 456 g/mol. The normalized spacial score (nSPS) is 12.1. The molecule has 0 amide bonds. The van der Waals surface area contributed by atoms with Crippen LogP contribution in [0.4, 0.5) is 0 Å². The summed E-state index contributed by atoms with van der Waals surface area (Å²) in [5.41, 5.74) is 0. The molecule has 0 atom stereocenters. The number of guanidine groups is 2. The van der Waals surface area contributed by atoms with Gasteiger partial charge in [-0.1, -0.05) is 0 Å². The van der Waals surface area contributed by atoms with E-state index >= 15 is 0 Å². The molecule has 37 heavy (non-hydrogen) atoms. The first-order valence-electron chi connectivity index (χ1n) is 15.3. The number of aliphatic imine (C=N–C) groups is 1. The van der Waals surface area contributed by atoms with Crippen LogP contribution in [-0.4, -0.2) is 92.6 Å². The van der Waals surface area contributed by atoms with Crippen LogP contribution in [0.2, 0.25) is 0 Å². The molecule has 6 heteroatoms. The summed E-state index contributed by atoms with van der Waals surface area (Å²) in [5.74, 6) is 2.45. The van der Waals surface area contributed by atoms with E-state index in [1.54, 1.807) is 0 Å². The highest BCUT2D eigenvalue weighted by atomic mass is 15.4. The zero-order valence-electron chi connectivity index (χ0n) is 27.9. The molecule has 0 saturated carbocycles. The molecule has 0 radical (unpaired) electrons. The van der Waals surface area contributed by atoms with Crippen molar-refractivity contribution in [3.05, 3.63) is 0 Å².